The fraction of sp³-hybridized carbons (Fsp3) is 0.0417. The third kappa shape index (κ3) is 5.80. The Balaban J connectivity index is 1.79. The van der Waals surface area contributed by atoms with Crippen LogP contribution in [0, 0.1) is 17.0 Å². The number of aryl methyl sites for hydroxylation is 1. The predicted molar refractivity (Wildman–Crippen MR) is 141 cm³/mol. The molecular weight excluding hydrogens is 508 g/mol. The molecule has 0 bridgehead atoms. The fourth-order valence-electron chi connectivity index (χ4n) is 3.28. The van der Waals surface area contributed by atoms with E-state index in [2.05, 4.69) is 10.5 Å². The lowest BCUT2D eigenvalue weighted by Crippen LogP contribution is -2.14. The molecule has 0 spiro atoms. The van der Waals surface area contributed by atoms with Crippen molar-refractivity contribution in [3.63, 3.8) is 0 Å². The van der Waals surface area contributed by atoms with Gasteiger partial charge < -0.3 is 0 Å². The highest BCUT2D eigenvalue weighted by Gasteiger charge is 2.20. The van der Waals surface area contributed by atoms with Crippen molar-refractivity contribution in [3.8, 4) is 0 Å². The first-order chi connectivity index (χ1) is 16.6. The first kappa shape index (κ1) is 24.7. The van der Waals surface area contributed by atoms with Gasteiger partial charge in [-0.15, -0.1) is 0 Å². The molecule has 4 aromatic rings. The zero-order chi connectivity index (χ0) is 25.2. The second-order valence-electron chi connectivity index (χ2n) is 7.59. The van der Waals surface area contributed by atoms with Crippen LogP contribution in [0.5, 0.6) is 0 Å². The summed E-state index contributed by atoms with van der Waals surface area (Å²) in [6.45, 7) is 1.69. The lowest BCUT2D eigenvalue weighted by molar-refractivity contribution is -0.384. The third-order valence-corrected chi connectivity index (χ3v) is 7.66. The molecule has 4 rings (SSSR count). The molecule has 0 unspecified atom stereocenters. The molecule has 11 heteroatoms. The van der Waals surface area contributed by atoms with E-state index < -0.39 is 14.9 Å². The van der Waals surface area contributed by atoms with Crippen LogP contribution >= 0.6 is 23.4 Å². The number of hydrogen-bond donors (Lipinski definition) is 2. The van der Waals surface area contributed by atoms with E-state index in [0.717, 1.165) is 28.1 Å². The number of nitrogens with one attached hydrogen (secondary N) is 1. The summed E-state index contributed by atoms with van der Waals surface area (Å²) in [4.78, 5) is 10.7. The van der Waals surface area contributed by atoms with Gasteiger partial charge in [0.25, 0.3) is 5.69 Å². The minimum Gasteiger partial charge on any atom is -0.277 e. The number of hydrogen-bond acceptors (Lipinski definition) is 7. The highest BCUT2D eigenvalue weighted by molar-refractivity contribution is 8.14. The zero-order valence-corrected chi connectivity index (χ0v) is 20.7. The maximum absolute atomic E-state index is 12.3. The molecule has 0 amide bonds. The van der Waals surface area contributed by atoms with Crippen LogP contribution in [0.2, 0.25) is 5.02 Å². The van der Waals surface area contributed by atoms with Crippen molar-refractivity contribution < 1.29 is 13.3 Å². The van der Waals surface area contributed by atoms with Crippen LogP contribution in [-0.4, -0.2) is 18.4 Å². The quantitative estimate of drug-likeness (QED) is 0.105. The molecule has 0 radical (unpaired) electrons. The molecule has 0 heterocycles. The van der Waals surface area contributed by atoms with Gasteiger partial charge in [-0.3, -0.25) is 15.5 Å². The molecule has 3 N–H and O–H groups in total. The number of hydrazone groups is 1. The van der Waals surface area contributed by atoms with E-state index in [-0.39, 0.29) is 10.6 Å². The van der Waals surface area contributed by atoms with Gasteiger partial charge in [0.1, 0.15) is 5.04 Å². The van der Waals surface area contributed by atoms with Crippen LogP contribution in [0.15, 0.2) is 93.8 Å². The summed E-state index contributed by atoms with van der Waals surface area (Å²) in [5.74, 6) is 0. The highest BCUT2D eigenvalue weighted by atomic mass is 35.5. The van der Waals surface area contributed by atoms with Crippen molar-refractivity contribution in [2.24, 2.45) is 10.2 Å². The van der Waals surface area contributed by atoms with Crippen LogP contribution in [0.1, 0.15) is 11.1 Å². The third-order valence-electron chi connectivity index (χ3n) is 5.10. The maximum atomic E-state index is 12.3. The second kappa shape index (κ2) is 10.0. The topological polar surface area (TPSA) is 128 Å². The number of nitrogens with two attached hydrogens (primary N) is 1. The Bertz CT molecular complexity index is 1570. The average Bonchev–Trinajstić information content (AvgIpc) is 2.83. The van der Waals surface area contributed by atoms with Gasteiger partial charge in [0.2, 0.25) is 10.0 Å². The van der Waals surface area contributed by atoms with Gasteiger partial charge >= 0.3 is 0 Å². The predicted octanol–water partition coefficient (Wildman–Crippen LogP) is 5.92. The van der Waals surface area contributed by atoms with E-state index in [1.807, 2.05) is 42.5 Å². The first-order valence-electron chi connectivity index (χ1n) is 10.2. The van der Waals surface area contributed by atoms with Crippen LogP contribution < -0.4 is 10.6 Å². The Kier molecular flexibility index (Phi) is 7.08. The Morgan fingerprint density at radius 3 is 2.37 bits per heavy atom. The second-order valence-corrected chi connectivity index (χ2v) is 10.6. The van der Waals surface area contributed by atoms with Crippen molar-refractivity contribution in [2.75, 3.05) is 5.43 Å². The Morgan fingerprint density at radius 1 is 1.03 bits per heavy atom. The molecule has 8 nitrogen and oxygen atoms in total. The number of halogens is 1. The van der Waals surface area contributed by atoms with E-state index in [9.17, 15) is 18.5 Å². The van der Waals surface area contributed by atoms with Crippen LogP contribution in [0.3, 0.4) is 0 Å². The van der Waals surface area contributed by atoms with E-state index >= 15 is 0 Å². The summed E-state index contributed by atoms with van der Waals surface area (Å²) in [6, 6.07) is 22.3. The molecule has 0 atom stereocenters. The highest BCUT2D eigenvalue weighted by Crippen LogP contribution is 2.34. The molecule has 0 aromatic heterocycles. The Morgan fingerprint density at radius 2 is 1.71 bits per heavy atom. The SMILES string of the molecule is Cc1cc(S(N)(=O)=O)c(S/C(=N\Nc2ccc([N+](=O)[O-])cc2)c2ccc3ccccc3c2)cc1Cl. The van der Waals surface area contributed by atoms with Gasteiger partial charge in [0.15, 0.2) is 0 Å². The smallest absolute Gasteiger partial charge is 0.269 e. The molecule has 0 aliphatic heterocycles. The summed E-state index contributed by atoms with van der Waals surface area (Å²) in [7, 11) is -4.03. The maximum Gasteiger partial charge on any atom is 0.269 e. The molecular formula is C24H19ClN4O4S2. The molecule has 178 valence electrons. The number of primary sulfonamides is 1. The van der Waals surface area contributed by atoms with Gasteiger partial charge in [-0.25, -0.2) is 13.6 Å². The zero-order valence-electron chi connectivity index (χ0n) is 18.3. The number of fused-ring (bicyclic) bond motifs is 1. The normalized spacial score (nSPS) is 12.0. The largest absolute Gasteiger partial charge is 0.277 e. The van der Waals surface area contributed by atoms with Crippen LogP contribution in [0.25, 0.3) is 10.8 Å². The molecule has 0 fully saturated rings. The van der Waals surface area contributed by atoms with Gasteiger partial charge in [-0.1, -0.05) is 59.8 Å². The lowest BCUT2D eigenvalue weighted by atomic mass is 10.1. The molecule has 35 heavy (non-hydrogen) atoms. The fourth-order valence-corrected chi connectivity index (χ4v) is 5.55. The first-order valence-corrected chi connectivity index (χ1v) is 12.9. The van der Waals surface area contributed by atoms with Crippen molar-refractivity contribution in [1.82, 2.24) is 0 Å². The number of sulfonamides is 1. The molecule has 0 saturated heterocycles. The number of non-ortho nitro benzene ring substituents is 1. The summed E-state index contributed by atoms with van der Waals surface area (Å²) >= 11 is 7.39. The number of rotatable bonds is 6. The minimum absolute atomic E-state index is 0.0456. The Labute approximate surface area is 211 Å². The number of nitro groups is 1. The van der Waals surface area contributed by atoms with Crippen molar-refractivity contribution >= 4 is 60.6 Å². The van der Waals surface area contributed by atoms with Gasteiger partial charge in [0, 0.05) is 27.6 Å². The summed E-state index contributed by atoms with van der Waals surface area (Å²) < 4.78 is 24.6. The molecule has 0 aliphatic carbocycles. The van der Waals surface area contributed by atoms with Crippen molar-refractivity contribution in [2.45, 2.75) is 16.7 Å². The average molecular weight is 527 g/mol. The van der Waals surface area contributed by atoms with Crippen LogP contribution in [-0.2, 0) is 10.0 Å². The number of nitro benzene ring substituents is 1. The van der Waals surface area contributed by atoms with Gasteiger partial charge in [-0.2, -0.15) is 5.10 Å². The molecule has 0 aliphatic rings. The molecule has 0 saturated carbocycles. The van der Waals surface area contributed by atoms with E-state index in [0.29, 0.717) is 26.2 Å². The van der Waals surface area contributed by atoms with Crippen molar-refractivity contribution in [1.29, 1.82) is 0 Å². The number of nitrogens with zero attached hydrogens (tertiary/aromatic N) is 2. The summed E-state index contributed by atoms with van der Waals surface area (Å²) in [6.07, 6.45) is 0. The lowest BCUT2D eigenvalue weighted by Gasteiger charge is -2.13. The monoisotopic (exact) mass is 526 g/mol. The van der Waals surface area contributed by atoms with Gasteiger partial charge in [-0.05, 0) is 53.6 Å². The number of thioether (sulfide) groups is 1. The van der Waals surface area contributed by atoms with Gasteiger partial charge in [0.05, 0.1) is 15.5 Å². The number of benzene rings is 4. The summed E-state index contributed by atoms with van der Waals surface area (Å²) in [5.41, 5.74) is 4.66. The van der Waals surface area contributed by atoms with E-state index in [1.54, 1.807) is 13.0 Å². The van der Waals surface area contributed by atoms with E-state index in [1.165, 1.54) is 30.3 Å². The Hall–Kier alpha value is -3.44. The summed E-state index contributed by atoms with van der Waals surface area (Å²) in [5, 5.41) is 23.7. The molecule has 4 aromatic carbocycles. The number of anilines is 1. The minimum atomic E-state index is -4.03. The van der Waals surface area contributed by atoms with E-state index in [4.69, 9.17) is 16.7 Å². The van der Waals surface area contributed by atoms with Crippen molar-refractivity contribution in [3.05, 3.63) is 105 Å². The standard InChI is InChI=1S/C24H19ClN4O4S2/c1-15-12-23(35(26,32)33)22(14-21(15)25)34-24(18-7-6-16-4-2-3-5-17(16)13-18)28-27-19-8-10-20(11-9-19)29(30)31/h2-14,27H,1H3,(H2,26,32,33)/b28-24-. The van der Waals surface area contributed by atoms with Crippen LogP contribution in [0.4, 0.5) is 11.4 Å².